The summed E-state index contributed by atoms with van der Waals surface area (Å²) in [5.41, 5.74) is 0.634. The van der Waals surface area contributed by atoms with Gasteiger partial charge in [-0.2, -0.15) is 4.31 Å². The topological polar surface area (TPSA) is 74.7 Å². The summed E-state index contributed by atoms with van der Waals surface area (Å²) in [4.78, 5) is 11.1. The molecule has 20 heavy (non-hydrogen) atoms. The molecule has 0 aromatic heterocycles. The zero-order valence-electron chi connectivity index (χ0n) is 11.6. The number of halogens is 1. The Morgan fingerprint density at radius 1 is 1.45 bits per heavy atom. The molecule has 0 amide bonds. The van der Waals surface area contributed by atoms with E-state index in [-0.39, 0.29) is 18.0 Å². The third-order valence-electron chi connectivity index (χ3n) is 3.02. The fourth-order valence-electron chi connectivity index (χ4n) is 1.77. The molecule has 1 N–H and O–H groups in total. The number of rotatable bonds is 6. The second-order valence-electron chi connectivity index (χ2n) is 4.60. The Bertz CT molecular complexity index is 600. The highest BCUT2D eigenvalue weighted by molar-refractivity contribution is 9.10. The van der Waals surface area contributed by atoms with E-state index in [1.807, 2.05) is 0 Å². The van der Waals surface area contributed by atoms with Gasteiger partial charge in [0.25, 0.3) is 0 Å². The van der Waals surface area contributed by atoms with Crippen LogP contribution < -0.4 is 0 Å². The van der Waals surface area contributed by atoms with Crippen LogP contribution in [0.4, 0.5) is 0 Å². The smallest absolute Gasteiger partial charge is 0.307 e. The first kappa shape index (κ1) is 17.1. The Morgan fingerprint density at radius 3 is 2.55 bits per heavy atom. The molecule has 1 unspecified atom stereocenters. The molecule has 7 heteroatoms. The van der Waals surface area contributed by atoms with Gasteiger partial charge in [-0.15, -0.1) is 0 Å². The summed E-state index contributed by atoms with van der Waals surface area (Å²) in [6, 6.07) is 5.02. The van der Waals surface area contributed by atoms with Gasteiger partial charge in [-0.1, -0.05) is 35.8 Å². The van der Waals surface area contributed by atoms with Crippen molar-refractivity contribution in [3.8, 4) is 0 Å². The van der Waals surface area contributed by atoms with Crippen LogP contribution in [0.3, 0.4) is 0 Å². The van der Waals surface area contributed by atoms with Gasteiger partial charge in [-0.05, 0) is 24.6 Å². The normalized spacial score (nSPS) is 13.4. The lowest BCUT2D eigenvalue weighted by molar-refractivity contribution is -0.141. The van der Waals surface area contributed by atoms with E-state index in [1.54, 1.807) is 32.0 Å². The lowest BCUT2D eigenvalue weighted by Crippen LogP contribution is -2.37. The van der Waals surface area contributed by atoms with Crippen molar-refractivity contribution in [3.05, 3.63) is 28.2 Å². The molecule has 1 atom stereocenters. The summed E-state index contributed by atoms with van der Waals surface area (Å²) >= 11 is 3.26. The van der Waals surface area contributed by atoms with Crippen molar-refractivity contribution in [1.82, 2.24) is 4.31 Å². The van der Waals surface area contributed by atoms with Gasteiger partial charge in [0.05, 0.1) is 10.8 Å². The standard InChI is InChI=1S/C13H18BrNO4S/c1-4-15(8-10(3)13(16)17)20(18,19)12-7-11(14)6-5-9(12)2/h5-7,10H,4,8H2,1-3H3,(H,16,17). The quantitative estimate of drug-likeness (QED) is 0.842. The average molecular weight is 364 g/mol. The number of aryl methyl sites for hydroxylation is 1. The molecule has 0 spiro atoms. The second kappa shape index (κ2) is 6.69. The molecule has 0 radical (unpaired) electrons. The molecule has 0 aliphatic carbocycles. The van der Waals surface area contributed by atoms with Crippen LogP contribution in [0.5, 0.6) is 0 Å². The van der Waals surface area contributed by atoms with Gasteiger partial charge in [-0.25, -0.2) is 8.42 Å². The Hall–Kier alpha value is -0.920. The van der Waals surface area contributed by atoms with Crippen molar-refractivity contribution in [2.24, 2.45) is 5.92 Å². The predicted octanol–water partition coefficient (Wildman–Crippen LogP) is 2.49. The predicted molar refractivity (Wildman–Crippen MR) is 80.1 cm³/mol. The number of aliphatic carboxylic acids is 1. The van der Waals surface area contributed by atoms with Gasteiger partial charge in [0.15, 0.2) is 0 Å². The van der Waals surface area contributed by atoms with Gasteiger partial charge in [0.1, 0.15) is 0 Å². The zero-order chi connectivity index (χ0) is 15.5. The molecule has 0 saturated carbocycles. The first-order valence-electron chi connectivity index (χ1n) is 6.19. The molecular weight excluding hydrogens is 346 g/mol. The van der Waals surface area contributed by atoms with E-state index in [2.05, 4.69) is 15.9 Å². The van der Waals surface area contributed by atoms with Crippen LogP contribution in [0.25, 0.3) is 0 Å². The highest BCUT2D eigenvalue weighted by Crippen LogP contribution is 2.24. The van der Waals surface area contributed by atoms with Crippen LogP contribution in [0.2, 0.25) is 0 Å². The SMILES string of the molecule is CCN(CC(C)C(=O)O)S(=O)(=O)c1cc(Br)ccc1C. The van der Waals surface area contributed by atoms with Crippen molar-refractivity contribution in [1.29, 1.82) is 0 Å². The maximum absolute atomic E-state index is 12.6. The summed E-state index contributed by atoms with van der Waals surface area (Å²) in [5, 5.41) is 8.93. The summed E-state index contributed by atoms with van der Waals surface area (Å²) < 4.78 is 27.1. The van der Waals surface area contributed by atoms with Crippen molar-refractivity contribution >= 4 is 31.9 Å². The summed E-state index contributed by atoms with van der Waals surface area (Å²) in [6.45, 7) is 5.09. The van der Waals surface area contributed by atoms with Crippen LogP contribution in [-0.4, -0.2) is 36.9 Å². The maximum atomic E-state index is 12.6. The van der Waals surface area contributed by atoms with Gasteiger partial charge in [0, 0.05) is 17.6 Å². The minimum absolute atomic E-state index is 0.0415. The van der Waals surface area contributed by atoms with Crippen molar-refractivity contribution < 1.29 is 18.3 Å². The van der Waals surface area contributed by atoms with Crippen LogP contribution in [0, 0.1) is 12.8 Å². The number of carboxylic acid groups (broad SMARTS) is 1. The molecular formula is C13H18BrNO4S. The molecule has 0 aliphatic heterocycles. The average Bonchev–Trinajstić information content (AvgIpc) is 2.37. The van der Waals surface area contributed by atoms with E-state index in [1.165, 1.54) is 11.2 Å². The fraction of sp³-hybridized carbons (Fsp3) is 0.462. The minimum Gasteiger partial charge on any atom is -0.481 e. The molecule has 1 aromatic rings. The third-order valence-corrected chi connectivity index (χ3v) is 5.60. The van der Waals surface area contributed by atoms with Crippen molar-refractivity contribution in [3.63, 3.8) is 0 Å². The van der Waals surface area contributed by atoms with Crippen LogP contribution in [-0.2, 0) is 14.8 Å². The largest absolute Gasteiger partial charge is 0.481 e. The number of sulfonamides is 1. The van der Waals surface area contributed by atoms with Crippen LogP contribution in [0.1, 0.15) is 19.4 Å². The summed E-state index contributed by atoms with van der Waals surface area (Å²) in [7, 11) is -3.69. The van der Waals surface area contributed by atoms with E-state index >= 15 is 0 Å². The highest BCUT2D eigenvalue weighted by Gasteiger charge is 2.28. The Balaban J connectivity index is 3.18. The number of hydrogen-bond donors (Lipinski definition) is 1. The molecule has 0 bridgehead atoms. The van der Waals surface area contributed by atoms with Crippen molar-refractivity contribution in [2.75, 3.05) is 13.1 Å². The lowest BCUT2D eigenvalue weighted by Gasteiger charge is -2.23. The number of nitrogens with zero attached hydrogens (tertiary/aromatic N) is 1. The van der Waals surface area contributed by atoms with E-state index in [9.17, 15) is 13.2 Å². The van der Waals surface area contributed by atoms with Crippen LogP contribution in [0.15, 0.2) is 27.6 Å². The molecule has 112 valence electrons. The lowest BCUT2D eigenvalue weighted by atomic mass is 10.2. The molecule has 0 saturated heterocycles. The number of hydrogen-bond acceptors (Lipinski definition) is 3. The first-order valence-corrected chi connectivity index (χ1v) is 8.42. The Kier molecular flexibility index (Phi) is 5.73. The van der Waals surface area contributed by atoms with Gasteiger partial charge >= 0.3 is 5.97 Å². The third kappa shape index (κ3) is 3.80. The number of carboxylic acids is 1. The summed E-state index contributed by atoms with van der Waals surface area (Å²) in [6.07, 6.45) is 0. The fourth-order valence-corrected chi connectivity index (χ4v) is 4.07. The molecule has 0 heterocycles. The van der Waals surface area contributed by atoms with E-state index in [0.717, 1.165) is 0 Å². The van der Waals surface area contributed by atoms with Gasteiger partial charge in [-0.3, -0.25) is 4.79 Å². The maximum Gasteiger partial charge on any atom is 0.307 e. The van der Waals surface area contributed by atoms with Crippen LogP contribution >= 0.6 is 15.9 Å². The Morgan fingerprint density at radius 2 is 2.05 bits per heavy atom. The van der Waals surface area contributed by atoms with Gasteiger partial charge in [0.2, 0.25) is 10.0 Å². The second-order valence-corrected chi connectivity index (χ2v) is 7.43. The van der Waals surface area contributed by atoms with E-state index in [0.29, 0.717) is 10.0 Å². The van der Waals surface area contributed by atoms with Gasteiger partial charge < -0.3 is 5.11 Å². The van der Waals surface area contributed by atoms with Crippen molar-refractivity contribution in [2.45, 2.75) is 25.7 Å². The molecule has 1 rings (SSSR count). The number of carbonyl (C=O) groups is 1. The minimum atomic E-state index is -3.69. The monoisotopic (exact) mass is 363 g/mol. The molecule has 0 fully saturated rings. The highest BCUT2D eigenvalue weighted by atomic mass is 79.9. The zero-order valence-corrected chi connectivity index (χ0v) is 14.0. The Labute approximate surface area is 127 Å². The molecule has 5 nitrogen and oxygen atoms in total. The molecule has 0 aliphatic rings. The molecule has 1 aromatic carbocycles. The first-order chi connectivity index (χ1) is 9.20. The van der Waals surface area contributed by atoms with E-state index in [4.69, 9.17) is 5.11 Å². The van der Waals surface area contributed by atoms with E-state index < -0.39 is 21.9 Å². The number of benzene rings is 1. The summed E-state index contributed by atoms with van der Waals surface area (Å²) in [5.74, 6) is -1.76.